The quantitative estimate of drug-likeness (QED) is 0.868. The second-order valence-electron chi connectivity index (χ2n) is 7.85. The number of rotatable bonds is 2. The molecule has 1 aliphatic carbocycles. The van der Waals surface area contributed by atoms with Crippen LogP contribution in [-0.4, -0.2) is 12.0 Å². The standard InChI is InChI=1S/C16H28N2S/c1-11-12(2)19-13(18-11)16(17-7)9-14(3,4)8-15(5,6)10-16/h17H,8-10H2,1-7H3. The maximum atomic E-state index is 4.86. The van der Waals surface area contributed by atoms with Crippen molar-refractivity contribution in [3.63, 3.8) is 0 Å². The third kappa shape index (κ3) is 2.87. The average Bonchev–Trinajstić information content (AvgIpc) is 2.55. The molecule has 3 heteroatoms. The molecule has 0 radical (unpaired) electrons. The molecule has 0 spiro atoms. The van der Waals surface area contributed by atoms with E-state index in [1.807, 2.05) is 11.3 Å². The molecule has 0 atom stereocenters. The van der Waals surface area contributed by atoms with Gasteiger partial charge in [0.2, 0.25) is 0 Å². The Balaban J connectivity index is 2.47. The molecule has 0 saturated heterocycles. The largest absolute Gasteiger partial charge is 0.308 e. The first kappa shape index (κ1) is 15.0. The number of aryl methyl sites for hydroxylation is 2. The molecule has 0 amide bonds. The summed E-state index contributed by atoms with van der Waals surface area (Å²) < 4.78 is 0. The lowest BCUT2D eigenvalue weighted by Crippen LogP contribution is -2.51. The summed E-state index contributed by atoms with van der Waals surface area (Å²) in [6.45, 7) is 13.9. The first-order chi connectivity index (χ1) is 8.59. The van der Waals surface area contributed by atoms with Crippen molar-refractivity contribution >= 4 is 11.3 Å². The van der Waals surface area contributed by atoms with Crippen LogP contribution in [0.3, 0.4) is 0 Å². The fraction of sp³-hybridized carbons (Fsp3) is 0.812. The molecule has 1 N–H and O–H groups in total. The molecule has 1 fully saturated rings. The first-order valence-corrected chi connectivity index (χ1v) is 8.04. The Morgan fingerprint density at radius 1 is 1.00 bits per heavy atom. The van der Waals surface area contributed by atoms with Crippen LogP contribution in [0, 0.1) is 24.7 Å². The van der Waals surface area contributed by atoms with Gasteiger partial charge in [0.1, 0.15) is 5.01 Å². The summed E-state index contributed by atoms with van der Waals surface area (Å²) >= 11 is 1.87. The van der Waals surface area contributed by atoms with Crippen molar-refractivity contribution in [1.29, 1.82) is 0 Å². The number of hydrogen-bond acceptors (Lipinski definition) is 3. The molecule has 108 valence electrons. The predicted molar refractivity (Wildman–Crippen MR) is 83.7 cm³/mol. The van der Waals surface area contributed by atoms with E-state index in [0.29, 0.717) is 10.8 Å². The number of nitrogens with one attached hydrogen (secondary N) is 1. The van der Waals surface area contributed by atoms with Gasteiger partial charge in [-0.2, -0.15) is 0 Å². The molecular formula is C16H28N2S. The van der Waals surface area contributed by atoms with E-state index < -0.39 is 0 Å². The molecule has 1 heterocycles. The van der Waals surface area contributed by atoms with Gasteiger partial charge in [0.15, 0.2) is 0 Å². The maximum Gasteiger partial charge on any atom is 0.113 e. The van der Waals surface area contributed by atoms with E-state index in [1.54, 1.807) is 0 Å². The Labute approximate surface area is 122 Å². The van der Waals surface area contributed by atoms with Gasteiger partial charge in [-0.05, 0) is 51.0 Å². The van der Waals surface area contributed by atoms with E-state index in [-0.39, 0.29) is 5.54 Å². The van der Waals surface area contributed by atoms with Gasteiger partial charge in [-0.25, -0.2) is 4.98 Å². The summed E-state index contributed by atoms with van der Waals surface area (Å²) in [4.78, 5) is 6.22. The van der Waals surface area contributed by atoms with E-state index >= 15 is 0 Å². The highest BCUT2D eigenvalue weighted by Crippen LogP contribution is 2.54. The zero-order chi connectivity index (χ0) is 14.5. The van der Waals surface area contributed by atoms with E-state index in [2.05, 4.69) is 53.9 Å². The van der Waals surface area contributed by atoms with Crippen molar-refractivity contribution < 1.29 is 0 Å². The van der Waals surface area contributed by atoms with Gasteiger partial charge in [-0.15, -0.1) is 11.3 Å². The monoisotopic (exact) mass is 280 g/mol. The van der Waals surface area contributed by atoms with Crippen LogP contribution in [0.15, 0.2) is 0 Å². The molecule has 0 unspecified atom stereocenters. The van der Waals surface area contributed by atoms with Gasteiger partial charge in [0, 0.05) is 4.88 Å². The number of nitrogens with zero attached hydrogens (tertiary/aromatic N) is 1. The average molecular weight is 280 g/mol. The van der Waals surface area contributed by atoms with Gasteiger partial charge in [-0.1, -0.05) is 27.7 Å². The minimum absolute atomic E-state index is 0.0505. The van der Waals surface area contributed by atoms with Gasteiger partial charge in [-0.3, -0.25) is 0 Å². The Kier molecular flexibility index (Phi) is 3.60. The molecule has 2 nitrogen and oxygen atoms in total. The van der Waals surface area contributed by atoms with Crippen molar-refractivity contribution in [3.8, 4) is 0 Å². The summed E-state index contributed by atoms with van der Waals surface area (Å²) in [5.74, 6) is 0. The highest BCUT2D eigenvalue weighted by Gasteiger charge is 2.49. The molecule has 0 aliphatic heterocycles. The van der Waals surface area contributed by atoms with Crippen molar-refractivity contribution in [2.75, 3.05) is 7.05 Å². The minimum atomic E-state index is 0.0505. The molecule has 1 saturated carbocycles. The van der Waals surface area contributed by atoms with Crippen LogP contribution in [0.2, 0.25) is 0 Å². The van der Waals surface area contributed by atoms with Crippen LogP contribution in [0.4, 0.5) is 0 Å². The number of thiazole rings is 1. The molecule has 1 aliphatic rings. The highest BCUT2D eigenvalue weighted by atomic mass is 32.1. The van der Waals surface area contributed by atoms with Crippen molar-refractivity contribution in [2.45, 2.75) is 66.3 Å². The summed E-state index contributed by atoms with van der Waals surface area (Å²) in [5, 5.41) is 4.92. The van der Waals surface area contributed by atoms with Gasteiger partial charge in [0.25, 0.3) is 0 Å². The summed E-state index contributed by atoms with van der Waals surface area (Å²) in [6, 6.07) is 0. The van der Waals surface area contributed by atoms with E-state index in [9.17, 15) is 0 Å². The minimum Gasteiger partial charge on any atom is -0.308 e. The molecule has 0 bridgehead atoms. The van der Waals surface area contributed by atoms with Crippen LogP contribution in [0.5, 0.6) is 0 Å². The third-order valence-electron chi connectivity index (χ3n) is 4.43. The maximum absolute atomic E-state index is 4.86. The Morgan fingerprint density at radius 3 is 1.89 bits per heavy atom. The summed E-state index contributed by atoms with van der Waals surface area (Å²) in [7, 11) is 2.10. The lowest BCUT2D eigenvalue weighted by atomic mass is 9.58. The molecular weight excluding hydrogens is 252 g/mol. The molecule has 1 aromatic rings. The zero-order valence-electron chi connectivity index (χ0n) is 13.5. The fourth-order valence-electron chi connectivity index (χ4n) is 4.23. The molecule has 19 heavy (non-hydrogen) atoms. The first-order valence-electron chi connectivity index (χ1n) is 7.23. The van der Waals surface area contributed by atoms with Crippen molar-refractivity contribution in [3.05, 3.63) is 15.6 Å². The molecule has 1 aromatic heterocycles. The van der Waals surface area contributed by atoms with Crippen LogP contribution in [-0.2, 0) is 5.54 Å². The molecule has 0 aromatic carbocycles. The highest BCUT2D eigenvalue weighted by molar-refractivity contribution is 7.11. The van der Waals surface area contributed by atoms with Gasteiger partial charge in [0.05, 0.1) is 11.2 Å². The summed E-state index contributed by atoms with van der Waals surface area (Å²) in [6.07, 6.45) is 3.63. The lowest BCUT2D eigenvalue weighted by molar-refractivity contribution is 0.0299. The normalized spacial score (nSPS) is 24.4. The molecule has 2 rings (SSSR count). The second kappa shape index (κ2) is 4.56. The SMILES string of the molecule is CNC1(c2nc(C)c(C)s2)CC(C)(C)CC(C)(C)C1. The Bertz CT molecular complexity index is 436. The second-order valence-corrected chi connectivity index (χ2v) is 9.05. The smallest absolute Gasteiger partial charge is 0.113 e. The van der Waals surface area contributed by atoms with E-state index in [4.69, 9.17) is 4.98 Å². The van der Waals surface area contributed by atoms with Crippen molar-refractivity contribution in [2.24, 2.45) is 10.8 Å². The third-order valence-corrected chi connectivity index (χ3v) is 5.71. The fourth-order valence-corrected chi connectivity index (χ4v) is 5.34. The van der Waals surface area contributed by atoms with Crippen LogP contribution in [0.25, 0.3) is 0 Å². The van der Waals surface area contributed by atoms with Gasteiger partial charge < -0.3 is 5.32 Å². The van der Waals surface area contributed by atoms with Gasteiger partial charge >= 0.3 is 0 Å². The Hall–Kier alpha value is -0.410. The number of aromatic nitrogens is 1. The van der Waals surface area contributed by atoms with Crippen LogP contribution in [0.1, 0.15) is 62.5 Å². The van der Waals surface area contributed by atoms with E-state index in [0.717, 1.165) is 0 Å². The van der Waals surface area contributed by atoms with Crippen LogP contribution < -0.4 is 5.32 Å². The summed E-state index contributed by atoms with van der Waals surface area (Å²) in [5.41, 5.74) is 1.96. The lowest BCUT2D eigenvalue weighted by Gasteiger charge is -2.51. The predicted octanol–water partition coefficient (Wildman–Crippen LogP) is 4.41. The topological polar surface area (TPSA) is 24.9 Å². The van der Waals surface area contributed by atoms with Crippen molar-refractivity contribution in [1.82, 2.24) is 10.3 Å². The number of hydrogen-bond donors (Lipinski definition) is 1. The van der Waals surface area contributed by atoms with E-state index in [1.165, 1.54) is 34.8 Å². The van der Waals surface area contributed by atoms with Crippen LogP contribution >= 0.6 is 11.3 Å². The zero-order valence-corrected chi connectivity index (χ0v) is 14.3. The Morgan fingerprint density at radius 2 is 1.53 bits per heavy atom.